The first-order valence-corrected chi connectivity index (χ1v) is 7.75. The molecule has 3 nitrogen and oxygen atoms in total. The third-order valence-electron chi connectivity index (χ3n) is 3.38. The molecule has 1 heterocycles. The van der Waals surface area contributed by atoms with E-state index in [1.807, 2.05) is 7.05 Å². The third-order valence-corrected chi connectivity index (χ3v) is 5.13. The summed E-state index contributed by atoms with van der Waals surface area (Å²) in [4.78, 5) is 2.15. The van der Waals surface area contributed by atoms with Gasteiger partial charge in [-0.3, -0.25) is 4.90 Å². The van der Waals surface area contributed by atoms with Crippen LogP contribution in [-0.4, -0.2) is 37.9 Å². The molecule has 1 aliphatic rings. The minimum atomic E-state index is -2.78. The van der Waals surface area contributed by atoms with Crippen LogP contribution >= 0.6 is 0 Å². The maximum absolute atomic E-state index is 11.4. The van der Waals surface area contributed by atoms with E-state index in [0.29, 0.717) is 11.5 Å². The van der Waals surface area contributed by atoms with Gasteiger partial charge in [0.15, 0.2) is 9.84 Å². The topological polar surface area (TPSA) is 37.4 Å². The summed E-state index contributed by atoms with van der Waals surface area (Å²) in [6, 6.07) is 8.58. The molecule has 17 heavy (non-hydrogen) atoms. The Hall–Kier alpha value is -0.870. The molecule has 0 spiro atoms. The summed E-state index contributed by atoms with van der Waals surface area (Å²) in [6.07, 6.45) is 0.769. The predicted octanol–water partition coefficient (Wildman–Crippen LogP) is 1.61. The van der Waals surface area contributed by atoms with Crippen LogP contribution in [0.3, 0.4) is 0 Å². The normalized spacial score (nSPS) is 23.1. The molecule has 0 unspecified atom stereocenters. The van der Waals surface area contributed by atoms with Crippen LogP contribution in [0.2, 0.25) is 0 Å². The van der Waals surface area contributed by atoms with Crippen molar-refractivity contribution in [3.63, 3.8) is 0 Å². The van der Waals surface area contributed by atoms with Crippen molar-refractivity contribution in [3.8, 4) is 0 Å². The van der Waals surface area contributed by atoms with Crippen molar-refractivity contribution in [1.82, 2.24) is 4.90 Å². The van der Waals surface area contributed by atoms with Gasteiger partial charge in [0.25, 0.3) is 0 Å². The molecule has 1 aliphatic heterocycles. The summed E-state index contributed by atoms with van der Waals surface area (Å²) in [5, 5.41) is 0. The lowest BCUT2D eigenvalue weighted by molar-refractivity contribution is 0.254. The second-order valence-corrected chi connectivity index (χ2v) is 7.19. The average Bonchev–Trinajstić information content (AvgIpc) is 2.62. The van der Waals surface area contributed by atoms with E-state index >= 15 is 0 Å². The van der Waals surface area contributed by atoms with Gasteiger partial charge in [-0.15, -0.1) is 0 Å². The fourth-order valence-electron chi connectivity index (χ4n) is 2.23. The van der Waals surface area contributed by atoms with Gasteiger partial charge in [0.1, 0.15) is 0 Å². The van der Waals surface area contributed by atoms with E-state index in [9.17, 15) is 8.42 Å². The summed E-state index contributed by atoms with van der Waals surface area (Å²) in [6.45, 7) is 2.89. The fraction of sp³-hybridized carbons (Fsp3) is 0.538. The van der Waals surface area contributed by atoms with Crippen LogP contribution in [0, 0.1) is 6.92 Å². The summed E-state index contributed by atoms with van der Waals surface area (Å²) >= 11 is 0. The maximum atomic E-state index is 11.4. The molecule has 0 radical (unpaired) electrons. The molecule has 2 rings (SSSR count). The van der Waals surface area contributed by atoms with E-state index in [1.54, 1.807) is 0 Å². The first-order chi connectivity index (χ1) is 7.96. The van der Waals surface area contributed by atoms with E-state index in [-0.39, 0.29) is 6.04 Å². The molecule has 1 saturated heterocycles. The van der Waals surface area contributed by atoms with Crippen LogP contribution in [-0.2, 0) is 16.4 Å². The van der Waals surface area contributed by atoms with Crippen LogP contribution in [0.5, 0.6) is 0 Å². The lowest BCUT2D eigenvalue weighted by atomic mass is 10.1. The Morgan fingerprint density at radius 2 is 1.94 bits per heavy atom. The molecule has 1 aromatic carbocycles. The monoisotopic (exact) mass is 253 g/mol. The van der Waals surface area contributed by atoms with Gasteiger partial charge in [-0.25, -0.2) is 8.42 Å². The molecule has 1 atom stereocenters. The fourth-order valence-corrected chi connectivity index (χ4v) is 4.04. The van der Waals surface area contributed by atoms with Crippen molar-refractivity contribution < 1.29 is 8.42 Å². The van der Waals surface area contributed by atoms with Crippen molar-refractivity contribution in [2.24, 2.45) is 0 Å². The molecular formula is C13H19NO2S. The molecular weight excluding hydrogens is 234 g/mol. The number of hydrogen-bond donors (Lipinski definition) is 0. The molecule has 0 aromatic heterocycles. The van der Waals surface area contributed by atoms with Crippen LogP contribution in [0.1, 0.15) is 17.5 Å². The second kappa shape index (κ2) is 4.78. The molecule has 94 valence electrons. The minimum Gasteiger partial charge on any atom is -0.298 e. The quantitative estimate of drug-likeness (QED) is 0.821. The second-order valence-electron chi connectivity index (χ2n) is 4.96. The van der Waals surface area contributed by atoms with Gasteiger partial charge in [0.2, 0.25) is 0 Å². The summed E-state index contributed by atoms with van der Waals surface area (Å²) in [7, 11) is -0.776. The summed E-state index contributed by atoms with van der Waals surface area (Å²) in [5.74, 6) is 0.658. The van der Waals surface area contributed by atoms with Gasteiger partial charge in [-0.1, -0.05) is 29.8 Å². The SMILES string of the molecule is Cc1ccc(CN(C)[C@H]2CCS(=O)(=O)C2)cc1. The minimum absolute atomic E-state index is 0.182. The zero-order valence-corrected chi connectivity index (χ0v) is 11.2. The van der Waals surface area contributed by atoms with Crippen LogP contribution < -0.4 is 0 Å². The first-order valence-electron chi connectivity index (χ1n) is 5.92. The van der Waals surface area contributed by atoms with E-state index in [4.69, 9.17) is 0 Å². The number of rotatable bonds is 3. The Morgan fingerprint density at radius 3 is 2.47 bits per heavy atom. The number of benzene rings is 1. The number of nitrogens with zero attached hydrogens (tertiary/aromatic N) is 1. The summed E-state index contributed by atoms with van der Waals surface area (Å²) in [5.41, 5.74) is 2.49. The highest BCUT2D eigenvalue weighted by molar-refractivity contribution is 7.91. The van der Waals surface area contributed by atoms with Crippen molar-refractivity contribution in [1.29, 1.82) is 0 Å². The molecule has 0 N–H and O–H groups in total. The van der Waals surface area contributed by atoms with Crippen molar-refractivity contribution in [2.75, 3.05) is 18.6 Å². The Labute approximate surface area is 103 Å². The van der Waals surface area contributed by atoms with Crippen molar-refractivity contribution in [3.05, 3.63) is 35.4 Å². The average molecular weight is 253 g/mol. The number of aryl methyl sites for hydroxylation is 1. The van der Waals surface area contributed by atoms with Gasteiger partial charge >= 0.3 is 0 Å². The summed E-state index contributed by atoms with van der Waals surface area (Å²) < 4.78 is 22.8. The molecule has 4 heteroatoms. The zero-order valence-electron chi connectivity index (χ0n) is 10.4. The van der Waals surface area contributed by atoms with E-state index in [2.05, 4.69) is 36.1 Å². The molecule has 0 aliphatic carbocycles. The highest BCUT2D eigenvalue weighted by Gasteiger charge is 2.30. The van der Waals surface area contributed by atoms with Gasteiger partial charge in [0, 0.05) is 12.6 Å². The van der Waals surface area contributed by atoms with Gasteiger partial charge in [0.05, 0.1) is 11.5 Å². The smallest absolute Gasteiger partial charge is 0.151 e. The van der Waals surface area contributed by atoms with Gasteiger partial charge in [-0.05, 0) is 26.0 Å². The van der Waals surface area contributed by atoms with E-state index < -0.39 is 9.84 Å². The van der Waals surface area contributed by atoms with E-state index in [1.165, 1.54) is 11.1 Å². The zero-order chi connectivity index (χ0) is 12.5. The third kappa shape index (κ3) is 3.30. The Bertz CT molecular complexity index is 479. The highest BCUT2D eigenvalue weighted by Crippen LogP contribution is 2.18. The Kier molecular flexibility index (Phi) is 3.54. The largest absolute Gasteiger partial charge is 0.298 e. The van der Waals surface area contributed by atoms with Crippen LogP contribution in [0.25, 0.3) is 0 Å². The lowest BCUT2D eigenvalue weighted by Gasteiger charge is -2.23. The van der Waals surface area contributed by atoms with Crippen molar-refractivity contribution >= 4 is 9.84 Å². The van der Waals surface area contributed by atoms with Crippen molar-refractivity contribution in [2.45, 2.75) is 25.9 Å². The van der Waals surface area contributed by atoms with Crippen LogP contribution in [0.15, 0.2) is 24.3 Å². The van der Waals surface area contributed by atoms with E-state index in [0.717, 1.165) is 13.0 Å². The number of sulfone groups is 1. The molecule has 1 fully saturated rings. The lowest BCUT2D eigenvalue weighted by Crippen LogP contribution is -2.32. The molecule has 0 amide bonds. The van der Waals surface area contributed by atoms with Crippen LogP contribution in [0.4, 0.5) is 0 Å². The number of hydrogen-bond acceptors (Lipinski definition) is 3. The molecule has 0 saturated carbocycles. The first kappa shape index (κ1) is 12.6. The predicted molar refractivity (Wildman–Crippen MR) is 69.7 cm³/mol. The molecule has 0 bridgehead atoms. The van der Waals surface area contributed by atoms with Gasteiger partial charge < -0.3 is 0 Å². The maximum Gasteiger partial charge on any atom is 0.151 e. The molecule has 1 aromatic rings. The Morgan fingerprint density at radius 1 is 1.29 bits per heavy atom. The highest BCUT2D eigenvalue weighted by atomic mass is 32.2. The van der Waals surface area contributed by atoms with Gasteiger partial charge in [-0.2, -0.15) is 0 Å². The standard InChI is InChI=1S/C13H19NO2S/c1-11-3-5-12(6-4-11)9-14(2)13-7-8-17(15,16)10-13/h3-6,13H,7-10H2,1-2H3/t13-/m0/s1. The Balaban J connectivity index is 1.98.